The predicted molar refractivity (Wildman–Crippen MR) is 69.2 cm³/mol. The fourth-order valence-corrected chi connectivity index (χ4v) is 3.55. The molecule has 100 valence electrons. The first-order chi connectivity index (χ1) is 9.21. The second-order valence-corrected chi connectivity index (χ2v) is 5.99. The molecule has 19 heavy (non-hydrogen) atoms. The highest BCUT2D eigenvalue weighted by Crippen LogP contribution is 2.46. The number of rotatable bonds is 1. The van der Waals surface area contributed by atoms with Gasteiger partial charge in [-0.05, 0) is 44.6 Å². The van der Waals surface area contributed by atoms with Gasteiger partial charge in [0, 0.05) is 17.8 Å². The highest BCUT2D eigenvalue weighted by molar-refractivity contribution is 5.94. The quantitative estimate of drug-likeness (QED) is 0.728. The van der Waals surface area contributed by atoms with Crippen molar-refractivity contribution < 1.29 is 9.53 Å². The van der Waals surface area contributed by atoms with Crippen LogP contribution in [0.2, 0.25) is 0 Å². The molecular formula is C15H17NO3. The largest absolute Gasteiger partial charge is 0.450 e. The van der Waals surface area contributed by atoms with Gasteiger partial charge in [-0.3, -0.25) is 4.79 Å². The van der Waals surface area contributed by atoms with Crippen molar-refractivity contribution >= 4 is 5.97 Å². The van der Waals surface area contributed by atoms with Crippen LogP contribution in [0.4, 0.5) is 0 Å². The average molecular weight is 259 g/mol. The highest BCUT2D eigenvalue weighted by atomic mass is 16.6. The maximum Gasteiger partial charge on any atom is 0.345 e. The van der Waals surface area contributed by atoms with Crippen LogP contribution in [0.1, 0.15) is 66.9 Å². The fraction of sp³-hybridized carbons (Fsp3) is 0.600. The van der Waals surface area contributed by atoms with Crippen LogP contribution in [0, 0.1) is 0 Å². The Morgan fingerprint density at radius 3 is 2.58 bits per heavy atom. The van der Waals surface area contributed by atoms with Crippen LogP contribution < -0.4 is 5.56 Å². The van der Waals surface area contributed by atoms with Gasteiger partial charge in [0.25, 0.3) is 5.56 Å². The first kappa shape index (κ1) is 11.3. The number of carbonyl (C=O) groups is 1. The molecule has 4 heteroatoms. The maximum absolute atomic E-state index is 12.4. The van der Waals surface area contributed by atoms with Gasteiger partial charge >= 0.3 is 5.97 Å². The lowest BCUT2D eigenvalue weighted by molar-refractivity contribution is -0.0280. The molecule has 2 fully saturated rings. The molecule has 0 N–H and O–H groups in total. The lowest BCUT2D eigenvalue weighted by Crippen LogP contribution is -2.29. The molecule has 0 bridgehead atoms. The first-order valence-electron chi connectivity index (χ1n) is 7.20. The van der Waals surface area contributed by atoms with Crippen molar-refractivity contribution in [1.29, 1.82) is 0 Å². The minimum atomic E-state index is -0.494. The second-order valence-electron chi connectivity index (χ2n) is 5.99. The normalized spacial score (nSPS) is 24.3. The molecule has 1 aliphatic heterocycles. The van der Waals surface area contributed by atoms with Gasteiger partial charge in [0.2, 0.25) is 0 Å². The van der Waals surface area contributed by atoms with Crippen molar-refractivity contribution in [2.24, 2.45) is 0 Å². The van der Waals surface area contributed by atoms with E-state index in [4.69, 9.17) is 4.74 Å². The number of carbonyl (C=O) groups excluding carboxylic acids is 1. The lowest BCUT2D eigenvalue weighted by atomic mass is 9.80. The lowest BCUT2D eigenvalue weighted by Gasteiger charge is -2.32. The van der Waals surface area contributed by atoms with Gasteiger partial charge in [-0.1, -0.05) is 6.42 Å². The van der Waals surface area contributed by atoms with Crippen LogP contribution in [0.3, 0.4) is 0 Å². The van der Waals surface area contributed by atoms with E-state index in [-0.39, 0.29) is 5.56 Å². The van der Waals surface area contributed by atoms with E-state index < -0.39 is 11.6 Å². The van der Waals surface area contributed by atoms with Gasteiger partial charge in [-0.25, -0.2) is 4.79 Å². The molecule has 2 heterocycles. The fourth-order valence-electron chi connectivity index (χ4n) is 3.55. The van der Waals surface area contributed by atoms with E-state index in [2.05, 4.69) is 0 Å². The minimum absolute atomic E-state index is 0.146. The van der Waals surface area contributed by atoms with Crippen molar-refractivity contribution in [3.63, 3.8) is 0 Å². The summed E-state index contributed by atoms with van der Waals surface area (Å²) in [5, 5.41) is 0. The van der Waals surface area contributed by atoms with Crippen LogP contribution in [0.25, 0.3) is 0 Å². The van der Waals surface area contributed by atoms with E-state index in [1.165, 1.54) is 6.42 Å². The van der Waals surface area contributed by atoms with Crippen molar-refractivity contribution in [3.8, 4) is 0 Å². The molecule has 0 amide bonds. The smallest absolute Gasteiger partial charge is 0.345 e. The molecule has 0 unspecified atom stereocenters. The molecule has 0 atom stereocenters. The summed E-state index contributed by atoms with van der Waals surface area (Å²) in [5.74, 6) is -0.406. The van der Waals surface area contributed by atoms with Crippen LogP contribution in [0.15, 0.2) is 17.1 Å². The number of esters is 1. The van der Waals surface area contributed by atoms with E-state index in [0.29, 0.717) is 11.6 Å². The number of fused-ring (bicyclic) bond motifs is 2. The van der Waals surface area contributed by atoms with Crippen LogP contribution in [-0.4, -0.2) is 10.5 Å². The summed E-state index contributed by atoms with van der Waals surface area (Å²) < 4.78 is 7.35. The van der Waals surface area contributed by atoms with Crippen molar-refractivity contribution in [1.82, 2.24) is 4.57 Å². The Morgan fingerprint density at radius 2 is 1.89 bits per heavy atom. The molecular weight excluding hydrogens is 242 g/mol. The Kier molecular flexibility index (Phi) is 2.20. The third kappa shape index (κ3) is 1.52. The van der Waals surface area contributed by atoms with E-state index >= 15 is 0 Å². The van der Waals surface area contributed by atoms with Gasteiger partial charge in [0.1, 0.15) is 11.2 Å². The predicted octanol–water partition coefficient (Wildman–Crippen LogP) is 2.51. The molecule has 1 aromatic heterocycles. The van der Waals surface area contributed by atoms with Gasteiger partial charge in [-0.15, -0.1) is 0 Å². The SMILES string of the molecule is O=C1OC2(CCCCC2)c2ccn(C3CC3)c(=O)c21. The van der Waals surface area contributed by atoms with Gasteiger partial charge in [0.15, 0.2) is 0 Å². The Balaban J connectivity index is 1.88. The average Bonchev–Trinajstić information content (AvgIpc) is 3.19. The molecule has 1 aromatic rings. The number of hydrogen-bond donors (Lipinski definition) is 0. The number of nitrogens with zero attached hydrogens (tertiary/aromatic N) is 1. The van der Waals surface area contributed by atoms with Crippen molar-refractivity contribution in [3.05, 3.63) is 33.7 Å². The maximum atomic E-state index is 12.4. The Labute approximate surface area is 111 Å². The van der Waals surface area contributed by atoms with E-state index in [0.717, 1.165) is 44.1 Å². The first-order valence-corrected chi connectivity index (χ1v) is 7.20. The van der Waals surface area contributed by atoms with E-state index in [9.17, 15) is 9.59 Å². The molecule has 0 saturated heterocycles. The zero-order chi connectivity index (χ0) is 13.0. The zero-order valence-electron chi connectivity index (χ0n) is 10.9. The molecule has 2 saturated carbocycles. The number of pyridine rings is 1. The summed E-state index contributed by atoms with van der Waals surface area (Å²) in [4.78, 5) is 24.6. The van der Waals surface area contributed by atoms with Crippen LogP contribution in [0.5, 0.6) is 0 Å². The van der Waals surface area contributed by atoms with E-state index in [1.54, 1.807) is 4.57 Å². The Morgan fingerprint density at radius 1 is 1.16 bits per heavy atom. The molecule has 3 aliphatic rings. The third-order valence-electron chi connectivity index (χ3n) is 4.70. The number of ether oxygens (including phenoxy) is 1. The summed E-state index contributed by atoms with van der Waals surface area (Å²) in [6.07, 6.45) is 8.98. The minimum Gasteiger partial charge on any atom is -0.450 e. The summed E-state index contributed by atoms with van der Waals surface area (Å²) in [7, 11) is 0. The topological polar surface area (TPSA) is 48.3 Å². The van der Waals surface area contributed by atoms with Crippen LogP contribution in [-0.2, 0) is 10.3 Å². The molecule has 1 spiro atoms. The summed E-state index contributed by atoms with van der Waals surface area (Å²) in [5.41, 5.74) is 0.509. The highest BCUT2D eigenvalue weighted by Gasteiger charge is 2.48. The monoisotopic (exact) mass is 259 g/mol. The van der Waals surface area contributed by atoms with E-state index in [1.807, 2.05) is 12.3 Å². The summed E-state index contributed by atoms with van der Waals surface area (Å²) >= 11 is 0. The van der Waals surface area contributed by atoms with Crippen LogP contribution >= 0.6 is 0 Å². The van der Waals surface area contributed by atoms with Gasteiger partial charge in [-0.2, -0.15) is 0 Å². The molecule has 4 rings (SSSR count). The molecule has 4 nitrogen and oxygen atoms in total. The second kappa shape index (κ2) is 3.71. The zero-order valence-corrected chi connectivity index (χ0v) is 10.9. The number of hydrogen-bond acceptors (Lipinski definition) is 3. The number of aromatic nitrogens is 1. The Hall–Kier alpha value is -1.58. The summed E-state index contributed by atoms with van der Waals surface area (Å²) in [6, 6.07) is 2.25. The van der Waals surface area contributed by atoms with Gasteiger partial charge < -0.3 is 9.30 Å². The molecule has 2 aliphatic carbocycles. The van der Waals surface area contributed by atoms with Gasteiger partial charge in [0.05, 0.1) is 0 Å². The third-order valence-corrected chi connectivity index (χ3v) is 4.70. The Bertz CT molecular complexity index is 606. The van der Waals surface area contributed by atoms with Crippen molar-refractivity contribution in [2.45, 2.75) is 56.6 Å². The standard InChI is InChI=1S/C15H17NO3/c17-13-12-11(6-9-16(13)10-4-5-10)15(19-14(12)18)7-2-1-3-8-15/h6,9-10H,1-5,7-8H2. The molecule has 0 aromatic carbocycles. The molecule has 0 radical (unpaired) electrons. The summed E-state index contributed by atoms with van der Waals surface area (Å²) in [6.45, 7) is 0. The van der Waals surface area contributed by atoms with Crippen molar-refractivity contribution in [2.75, 3.05) is 0 Å².